The smallest absolute Gasteiger partial charge is 0.248 e. The summed E-state index contributed by atoms with van der Waals surface area (Å²) in [6.07, 6.45) is 6.22. The number of aromatic nitrogens is 4. The van der Waals surface area contributed by atoms with Crippen molar-refractivity contribution in [2.24, 2.45) is 5.92 Å². The molecule has 0 aliphatic carbocycles. The van der Waals surface area contributed by atoms with E-state index in [-0.39, 0.29) is 12.5 Å². The number of carbonyl (C=O) groups excluding carboxylic acids is 1. The van der Waals surface area contributed by atoms with E-state index in [0.29, 0.717) is 5.92 Å². The first-order valence-electron chi connectivity index (χ1n) is 7.83. The SMILES string of the molecule is COCC(=O)N1CCC(Cc2cc(-c3ccn[nH]3)ncn2)CC1. The van der Waals surface area contributed by atoms with Gasteiger partial charge in [0.15, 0.2) is 0 Å². The normalized spacial score (nSPS) is 15.8. The number of hydrogen-bond acceptors (Lipinski definition) is 5. The Balaban J connectivity index is 1.57. The molecular formula is C16H21N5O2. The van der Waals surface area contributed by atoms with E-state index >= 15 is 0 Å². The van der Waals surface area contributed by atoms with Crippen molar-refractivity contribution in [3.63, 3.8) is 0 Å². The maximum Gasteiger partial charge on any atom is 0.248 e. The molecule has 0 atom stereocenters. The summed E-state index contributed by atoms with van der Waals surface area (Å²) < 4.78 is 4.91. The summed E-state index contributed by atoms with van der Waals surface area (Å²) in [4.78, 5) is 22.4. The van der Waals surface area contributed by atoms with Crippen LogP contribution >= 0.6 is 0 Å². The molecule has 0 aromatic carbocycles. The zero-order valence-electron chi connectivity index (χ0n) is 13.2. The lowest BCUT2D eigenvalue weighted by Crippen LogP contribution is -2.40. The van der Waals surface area contributed by atoms with Crippen molar-refractivity contribution in [1.29, 1.82) is 0 Å². The third-order valence-corrected chi connectivity index (χ3v) is 4.23. The molecule has 3 rings (SSSR count). The molecular weight excluding hydrogens is 294 g/mol. The minimum atomic E-state index is 0.0783. The highest BCUT2D eigenvalue weighted by molar-refractivity contribution is 5.77. The van der Waals surface area contributed by atoms with Gasteiger partial charge in [0.25, 0.3) is 0 Å². The van der Waals surface area contributed by atoms with Crippen molar-refractivity contribution < 1.29 is 9.53 Å². The van der Waals surface area contributed by atoms with Crippen molar-refractivity contribution >= 4 is 5.91 Å². The van der Waals surface area contributed by atoms with Crippen LogP contribution in [0.2, 0.25) is 0 Å². The van der Waals surface area contributed by atoms with E-state index in [1.165, 1.54) is 0 Å². The van der Waals surface area contributed by atoms with Gasteiger partial charge in [-0.15, -0.1) is 0 Å². The summed E-state index contributed by atoms with van der Waals surface area (Å²) in [7, 11) is 1.55. The predicted molar refractivity (Wildman–Crippen MR) is 84.5 cm³/mol. The van der Waals surface area contributed by atoms with Crippen LogP contribution in [-0.4, -0.2) is 57.8 Å². The van der Waals surface area contributed by atoms with Gasteiger partial charge < -0.3 is 9.64 Å². The van der Waals surface area contributed by atoms with Gasteiger partial charge in [-0.25, -0.2) is 9.97 Å². The van der Waals surface area contributed by atoms with Gasteiger partial charge in [0.05, 0.1) is 11.4 Å². The molecule has 23 heavy (non-hydrogen) atoms. The largest absolute Gasteiger partial charge is 0.375 e. The van der Waals surface area contributed by atoms with Crippen LogP contribution in [0.15, 0.2) is 24.7 Å². The molecule has 0 bridgehead atoms. The number of amides is 1. The van der Waals surface area contributed by atoms with Crippen LogP contribution in [0, 0.1) is 5.92 Å². The number of piperidine rings is 1. The van der Waals surface area contributed by atoms with Crippen LogP contribution in [0.5, 0.6) is 0 Å². The molecule has 1 aliphatic rings. The first kappa shape index (κ1) is 15.6. The third kappa shape index (κ3) is 3.92. The number of ether oxygens (including phenoxy) is 1. The van der Waals surface area contributed by atoms with Crippen molar-refractivity contribution in [1.82, 2.24) is 25.1 Å². The Hall–Kier alpha value is -2.28. The maximum atomic E-state index is 11.8. The summed E-state index contributed by atoms with van der Waals surface area (Å²) in [5.41, 5.74) is 2.79. The molecule has 2 aromatic heterocycles. The van der Waals surface area contributed by atoms with Gasteiger partial charge in [-0.3, -0.25) is 9.89 Å². The Kier molecular flexibility index (Phi) is 4.97. The van der Waals surface area contributed by atoms with E-state index in [2.05, 4.69) is 20.2 Å². The number of nitrogens with one attached hydrogen (secondary N) is 1. The van der Waals surface area contributed by atoms with Crippen LogP contribution < -0.4 is 0 Å². The molecule has 0 radical (unpaired) electrons. The molecule has 1 fully saturated rings. The molecule has 0 unspecified atom stereocenters. The number of aromatic amines is 1. The Morgan fingerprint density at radius 2 is 2.22 bits per heavy atom. The molecule has 7 nitrogen and oxygen atoms in total. The van der Waals surface area contributed by atoms with Crippen molar-refractivity contribution in [2.75, 3.05) is 26.8 Å². The molecule has 0 spiro atoms. The van der Waals surface area contributed by atoms with E-state index in [4.69, 9.17) is 4.74 Å². The Morgan fingerprint density at radius 3 is 2.91 bits per heavy atom. The number of likely N-dealkylation sites (tertiary alicyclic amines) is 1. The lowest BCUT2D eigenvalue weighted by Gasteiger charge is -2.31. The summed E-state index contributed by atoms with van der Waals surface area (Å²) in [6.45, 7) is 1.76. The highest BCUT2D eigenvalue weighted by Crippen LogP contribution is 2.22. The van der Waals surface area contributed by atoms with E-state index in [0.717, 1.165) is 49.4 Å². The summed E-state index contributed by atoms with van der Waals surface area (Å²) in [5, 5.41) is 6.87. The van der Waals surface area contributed by atoms with Gasteiger partial charge in [-0.05, 0) is 37.3 Å². The first-order chi connectivity index (χ1) is 11.3. The predicted octanol–water partition coefficient (Wildman–Crippen LogP) is 1.29. The van der Waals surface area contributed by atoms with Gasteiger partial charge in [0.2, 0.25) is 5.91 Å². The van der Waals surface area contributed by atoms with Gasteiger partial charge in [-0.2, -0.15) is 5.10 Å². The molecule has 1 amide bonds. The van der Waals surface area contributed by atoms with Gasteiger partial charge in [0.1, 0.15) is 12.9 Å². The standard InChI is InChI=1S/C16H21N5O2/c1-23-10-16(22)21-6-3-12(4-7-21)8-13-9-15(18-11-17-13)14-2-5-19-20-14/h2,5,9,11-12H,3-4,6-8,10H2,1H3,(H,19,20). The van der Waals surface area contributed by atoms with Crippen LogP contribution in [0.1, 0.15) is 18.5 Å². The average Bonchev–Trinajstić information content (AvgIpc) is 3.11. The minimum Gasteiger partial charge on any atom is -0.375 e. The summed E-state index contributed by atoms with van der Waals surface area (Å²) >= 11 is 0. The van der Waals surface area contributed by atoms with Gasteiger partial charge >= 0.3 is 0 Å². The second-order valence-electron chi connectivity index (χ2n) is 5.83. The number of H-pyrrole nitrogens is 1. The third-order valence-electron chi connectivity index (χ3n) is 4.23. The van der Waals surface area contributed by atoms with Crippen molar-refractivity contribution in [3.8, 4) is 11.4 Å². The second kappa shape index (κ2) is 7.32. The molecule has 1 saturated heterocycles. The topological polar surface area (TPSA) is 84.0 Å². The molecule has 0 saturated carbocycles. The molecule has 1 N–H and O–H groups in total. The van der Waals surface area contributed by atoms with Crippen LogP contribution in [0.4, 0.5) is 0 Å². The molecule has 7 heteroatoms. The van der Waals surface area contributed by atoms with Crippen LogP contribution in [0.25, 0.3) is 11.4 Å². The van der Waals surface area contributed by atoms with E-state index in [1.54, 1.807) is 19.6 Å². The quantitative estimate of drug-likeness (QED) is 0.899. The maximum absolute atomic E-state index is 11.8. The first-order valence-corrected chi connectivity index (χ1v) is 7.83. The Morgan fingerprint density at radius 1 is 1.39 bits per heavy atom. The summed E-state index contributed by atoms with van der Waals surface area (Å²) in [6, 6.07) is 3.90. The number of hydrogen-bond donors (Lipinski definition) is 1. The van der Waals surface area contributed by atoms with Gasteiger partial charge in [0, 0.05) is 32.1 Å². The fourth-order valence-electron chi connectivity index (χ4n) is 2.95. The Bertz CT molecular complexity index is 636. The minimum absolute atomic E-state index is 0.0783. The number of carbonyl (C=O) groups is 1. The van der Waals surface area contributed by atoms with Crippen LogP contribution in [0.3, 0.4) is 0 Å². The van der Waals surface area contributed by atoms with Crippen molar-refractivity contribution in [2.45, 2.75) is 19.3 Å². The number of methoxy groups -OCH3 is 1. The van der Waals surface area contributed by atoms with Crippen LogP contribution in [-0.2, 0) is 16.0 Å². The lowest BCUT2D eigenvalue weighted by atomic mass is 9.92. The molecule has 3 heterocycles. The van der Waals surface area contributed by atoms with E-state index in [9.17, 15) is 4.79 Å². The zero-order chi connectivity index (χ0) is 16.1. The van der Waals surface area contributed by atoms with Crippen molar-refractivity contribution in [3.05, 3.63) is 30.4 Å². The average molecular weight is 315 g/mol. The Labute approximate surface area is 135 Å². The zero-order valence-corrected chi connectivity index (χ0v) is 13.2. The summed E-state index contributed by atoms with van der Waals surface area (Å²) in [5.74, 6) is 0.626. The van der Waals surface area contributed by atoms with E-state index < -0.39 is 0 Å². The number of rotatable bonds is 5. The molecule has 122 valence electrons. The molecule has 1 aliphatic heterocycles. The fraction of sp³-hybridized carbons (Fsp3) is 0.500. The van der Waals surface area contributed by atoms with E-state index in [1.807, 2.05) is 17.0 Å². The second-order valence-corrected chi connectivity index (χ2v) is 5.83. The van der Waals surface area contributed by atoms with Gasteiger partial charge in [-0.1, -0.05) is 0 Å². The highest BCUT2D eigenvalue weighted by atomic mass is 16.5. The lowest BCUT2D eigenvalue weighted by molar-refractivity contribution is -0.136. The fourth-order valence-corrected chi connectivity index (χ4v) is 2.95. The molecule has 2 aromatic rings. The number of nitrogens with zero attached hydrogens (tertiary/aromatic N) is 4. The highest BCUT2D eigenvalue weighted by Gasteiger charge is 2.23. The monoisotopic (exact) mass is 315 g/mol.